The van der Waals surface area contributed by atoms with Crippen LogP contribution in [0.1, 0.15) is 30.8 Å². The van der Waals surface area contributed by atoms with Gasteiger partial charge in [-0.1, -0.05) is 35.5 Å². The van der Waals surface area contributed by atoms with E-state index >= 15 is 0 Å². The minimum atomic E-state index is -0.453. The lowest BCUT2D eigenvalue weighted by molar-refractivity contribution is -0.132. The summed E-state index contributed by atoms with van der Waals surface area (Å²) in [6.45, 7) is 8.15. The fourth-order valence-corrected chi connectivity index (χ4v) is 3.72. The van der Waals surface area contributed by atoms with Crippen LogP contribution >= 0.6 is 0 Å². The molecule has 3 amide bonds. The maximum absolute atomic E-state index is 12.6. The minimum absolute atomic E-state index is 0.106. The molecule has 9 heteroatoms. The van der Waals surface area contributed by atoms with Crippen LogP contribution in [0.3, 0.4) is 0 Å². The van der Waals surface area contributed by atoms with Crippen molar-refractivity contribution in [2.24, 2.45) is 0 Å². The van der Waals surface area contributed by atoms with Crippen LogP contribution in [0.25, 0.3) is 11.3 Å². The molecule has 2 heterocycles. The molecule has 1 aliphatic heterocycles. The molecular formula is C23H31N5O4. The molecule has 0 spiro atoms. The van der Waals surface area contributed by atoms with E-state index in [1.54, 1.807) is 11.0 Å². The second-order valence-electron chi connectivity index (χ2n) is 7.70. The molecule has 1 saturated heterocycles. The molecule has 1 aromatic heterocycles. The van der Waals surface area contributed by atoms with Crippen LogP contribution in [-0.2, 0) is 9.59 Å². The van der Waals surface area contributed by atoms with Crippen molar-refractivity contribution in [1.82, 2.24) is 25.2 Å². The van der Waals surface area contributed by atoms with Crippen LogP contribution in [0.5, 0.6) is 0 Å². The van der Waals surface area contributed by atoms with Gasteiger partial charge in [0.25, 0.3) is 5.91 Å². The largest absolute Gasteiger partial charge is 0.355 e. The van der Waals surface area contributed by atoms with E-state index in [0.29, 0.717) is 45.0 Å². The van der Waals surface area contributed by atoms with E-state index in [2.05, 4.69) is 15.4 Å². The SMILES string of the molecule is CCN(CC)C(=O)CN1CCCN(C(=O)CNC(=O)c2cc(-c3ccccc3)on2)CC1. The van der Waals surface area contributed by atoms with Crippen molar-refractivity contribution >= 4 is 17.7 Å². The highest BCUT2D eigenvalue weighted by atomic mass is 16.5. The Kier molecular flexibility index (Phi) is 8.38. The summed E-state index contributed by atoms with van der Waals surface area (Å²) in [6, 6.07) is 10.9. The molecule has 1 N–H and O–H groups in total. The van der Waals surface area contributed by atoms with Crippen LogP contribution in [0.2, 0.25) is 0 Å². The Morgan fingerprint density at radius 2 is 1.81 bits per heavy atom. The molecule has 9 nitrogen and oxygen atoms in total. The average molecular weight is 442 g/mol. The molecule has 0 saturated carbocycles. The number of likely N-dealkylation sites (N-methyl/N-ethyl adjacent to an activating group) is 1. The number of nitrogens with zero attached hydrogens (tertiary/aromatic N) is 4. The second kappa shape index (κ2) is 11.4. The van der Waals surface area contributed by atoms with E-state index in [1.807, 2.05) is 49.1 Å². The quantitative estimate of drug-likeness (QED) is 0.666. The van der Waals surface area contributed by atoms with Gasteiger partial charge in [-0.05, 0) is 20.3 Å². The summed E-state index contributed by atoms with van der Waals surface area (Å²) in [6.07, 6.45) is 0.787. The fourth-order valence-electron chi connectivity index (χ4n) is 3.72. The predicted molar refractivity (Wildman–Crippen MR) is 120 cm³/mol. The number of hydrogen-bond acceptors (Lipinski definition) is 6. The maximum atomic E-state index is 12.6. The zero-order valence-electron chi connectivity index (χ0n) is 18.7. The molecule has 1 fully saturated rings. The number of rotatable bonds is 8. The van der Waals surface area contributed by atoms with Crippen molar-refractivity contribution in [2.45, 2.75) is 20.3 Å². The molecule has 0 aliphatic carbocycles. The van der Waals surface area contributed by atoms with Crippen molar-refractivity contribution in [2.75, 3.05) is 52.4 Å². The van der Waals surface area contributed by atoms with E-state index in [1.165, 1.54) is 0 Å². The fraction of sp³-hybridized carbons (Fsp3) is 0.478. The summed E-state index contributed by atoms with van der Waals surface area (Å²) in [5.41, 5.74) is 0.956. The summed E-state index contributed by atoms with van der Waals surface area (Å²) in [4.78, 5) is 43.0. The second-order valence-corrected chi connectivity index (χ2v) is 7.70. The van der Waals surface area contributed by atoms with E-state index in [4.69, 9.17) is 4.52 Å². The molecule has 0 atom stereocenters. The van der Waals surface area contributed by atoms with Crippen LogP contribution in [-0.4, -0.2) is 89.9 Å². The zero-order valence-corrected chi connectivity index (χ0v) is 18.7. The summed E-state index contributed by atoms with van der Waals surface area (Å²) in [7, 11) is 0. The van der Waals surface area contributed by atoms with Gasteiger partial charge < -0.3 is 19.6 Å². The number of carbonyl (C=O) groups excluding carboxylic acids is 3. The van der Waals surface area contributed by atoms with Crippen LogP contribution < -0.4 is 5.32 Å². The van der Waals surface area contributed by atoms with Gasteiger partial charge in [0.2, 0.25) is 11.8 Å². The topological polar surface area (TPSA) is 99.0 Å². The summed E-state index contributed by atoms with van der Waals surface area (Å²) in [5, 5.41) is 6.44. The Balaban J connectivity index is 1.46. The summed E-state index contributed by atoms with van der Waals surface area (Å²) < 4.78 is 5.25. The summed E-state index contributed by atoms with van der Waals surface area (Å²) >= 11 is 0. The van der Waals surface area contributed by atoms with Crippen LogP contribution in [0.4, 0.5) is 0 Å². The smallest absolute Gasteiger partial charge is 0.273 e. The molecule has 0 bridgehead atoms. The average Bonchev–Trinajstić information content (AvgIpc) is 3.20. The molecule has 32 heavy (non-hydrogen) atoms. The lowest BCUT2D eigenvalue weighted by Gasteiger charge is -2.25. The Hall–Kier alpha value is -3.20. The van der Waals surface area contributed by atoms with Crippen molar-refractivity contribution in [3.05, 3.63) is 42.1 Å². The lowest BCUT2D eigenvalue weighted by Crippen LogP contribution is -2.43. The number of hydrogen-bond donors (Lipinski definition) is 1. The summed E-state index contributed by atoms with van der Waals surface area (Å²) in [5.74, 6) is 0.00562. The zero-order chi connectivity index (χ0) is 22.9. The minimum Gasteiger partial charge on any atom is -0.355 e. The molecule has 1 aliphatic rings. The van der Waals surface area contributed by atoms with Crippen molar-refractivity contribution in [3.8, 4) is 11.3 Å². The van der Waals surface area contributed by atoms with E-state index in [9.17, 15) is 14.4 Å². The first-order chi connectivity index (χ1) is 15.5. The molecule has 1 aromatic carbocycles. The number of nitrogens with one attached hydrogen (secondary N) is 1. The molecule has 0 radical (unpaired) electrons. The predicted octanol–water partition coefficient (Wildman–Crippen LogP) is 1.47. The third-order valence-corrected chi connectivity index (χ3v) is 5.62. The third-order valence-electron chi connectivity index (χ3n) is 5.62. The van der Waals surface area contributed by atoms with Gasteiger partial charge in [-0.2, -0.15) is 0 Å². The lowest BCUT2D eigenvalue weighted by atomic mass is 10.1. The van der Waals surface area contributed by atoms with Gasteiger partial charge in [-0.3, -0.25) is 19.3 Å². The van der Waals surface area contributed by atoms with Gasteiger partial charge in [0.05, 0.1) is 13.1 Å². The van der Waals surface area contributed by atoms with Crippen molar-refractivity contribution in [3.63, 3.8) is 0 Å². The Morgan fingerprint density at radius 3 is 2.53 bits per heavy atom. The molecule has 0 unspecified atom stereocenters. The van der Waals surface area contributed by atoms with Gasteiger partial charge in [0, 0.05) is 50.9 Å². The van der Waals surface area contributed by atoms with Gasteiger partial charge >= 0.3 is 0 Å². The normalized spacial score (nSPS) is 14.6. The van der Waals surface area contributed by atoms with Crippen molar-refractivity contribution in [1.29, 1.82) is 0 Å². The third kappa shape index (κ3) is 6.16. The molecule has 3 rings (SSSR count). The number of amides is 3. The van der Waals surface area contributed by atoms with E-state index < -0.39 is 5.91 Å². The number of carbonyl (C=O) groups is 3. The Labute approximate surface area is 188 Å². The molecule has 2 aromatic rings. The first-order valence-electron chi connectivity index (χ1n) is 11.1. The van der Waals surface area contributed by atoms with Crippen LogP contribution in [0.15, 0.2) is 40.9 Å². The molecule has 172 valence electrons. The van der Waals surface area contributed by atoms with Gasteiger partial charge in [0.15, 0.2) is 11.5 Å². The standard InChI is InChI=1S/C23H31N5O4/c1-3-27(4-2)22(30)17-26-11-8-12-28(14-13-26)21(29)16-24-23(31)19-15-20(32-25-19)18-9-6-5-7-10-18/h5-7,9-10,15H,3-4,8,11-14,16-17H2,1-2H3,(H,24,31). The van der Waals surface area contributed by atoms with Gasteiger partial charge in [-0.15, -0.1) is 0 Å². The van der Waals surface area contributed by atoms with Crippen molar-refractivity contribution < 1.29 is 18.9 Å². The highest BCUT2D eigenvalue weighted by Gasteiger charge is 2.22. The first-order valence-corrected chi connectivity index (χ1v) is 11.1. The first kappa shape index (κ1) is 23.5. The number of aromatic nitrogens is 1. The Bertz CT molecular complexity index is 910. The maximum Gasteiger partial charge on any atom is 0.273 e. The van der Waals surface area contributed by atoms with Gasteiger partial charge in [-0.25, -0.2) is 0 Å². The van der Waals surface area contributed by atoms with E-state index in [-0.39, 0.29) is 24.1 Å². The highest BCUT2D eigenvalue weighted by Crippen LogP contribution is 2.19. The highest BCUT2D eigenvalue weighted by molar-refractivity contribution is 5.95. The molecular weight excluding hydrogens is 410 g/mol. The van der Waals surface area contributed by atoms with Crippen LogP contribution in [0, 0.1) is 0 Å². The Morgan fingerprint density at radius 1 is 1.06 bits per heavy atom. The van der Waals surface area contributed by atoms with Gasteiger partial charge in [0.1, 0.15) is 0 Å². The monoisotopic (exact) mass is 441 g/mol. The number of benzene rings is 1. The van der Waals surface area contributed by atoms with E-state index in [0.717, 1.165) is 18.5 Å².